The normalized spacial score (nSPS) is 16.5. The SMILES string of the molecule is O=C(Nc1ccc(Oc2ccccc2)cc1)C1CCN(S(=O)(=O)c2ccc3c(c2)OCCO3)CC1. The predicted octanol–water partition coefficient (Wildman–Crippen LogP) is 4.29. The van der Waals surface area contributed by atoms with Crippen molar-refractivity contribution in [2.45, 2.75) is 17.7 Å². The predicted molar refractivity (Wildman–Crippen MR) is 131 cm³/mol. The summed E-state index contributed by atoms with van der Waals surface area (Å²) in [5.74, 6) is 2.02. The number of benzene rings is 3. The van der Waals surface area contributed by atoms with Gasteiger partial charge in [0, 0.05) is 30.8 Å². The number of fused-ring (bicyclic) bond motifs is 1. The zero-order valence-corrected chi connectivity index (χ0v) is 19.9. The lowest BCUT2D eigenvalue weighted by molar-refractivity contribution is -0.120. The molecule has 1 N–H and O–H groups in total. The van der Waals surface area contributed by atoms with Crippen LogP contribution < -0.4 is 19.5 Å². The van der Waals surface area contributed by atoms with Crippen LogP contribution in [0.1, 0.15) is 12.8 Å². The second-order valence-electron chi connectivity index (χ2n) is 8.41. The van der Waals surface area contributed by atoms with E-state index in [4.69, 9.17) is 14.2 Å². The van der Waals surface area contributed by atoms with Crippen molar-refractivity contribution in [1.29, 1.82) is 0 Å². The van der Waals surface area contributed by atoms with E-state index in [-0.39, 0.29) is 29.8 Å². The second-order valence-corrected chi connectivity index (χ2v) is 10.4. The number of nitrogens with one attached hydrogen (secondary N) is 1. The van der Waals surface area contributed by atoms with Crippen molar-refractivity contribution in [2.24, 2.45) is 5.92 Å². The first-order valence-corrected chi connectivity index (χ1v) is 13.0. The molecule has 8 nitrogen and oxygen atoms in total. The fourth-order valence-corrected chi connectivity index (χ4v) is 5.65. The van der Waals surface area contributed by atoms with Gasteiger partial charge in [-0.2, -0.15) is 4.31 Å². The van der Waals surface area contributed by atoms with Crippen LogP contribution in [-0.4, -0.2) is 44.9 Å². The first-order valence-electron chi connectivity index (χ1n) is 11.5. The molecule has 2 aliphatic heterocycles. The molecule has 0 aliphatic carbocycles. The molecular weight excluding hydrogens is 468 g/mol. The first kappa shape index (κ1) is 23.2. The van der Waals surface area contributed by atoms with Gasteiger partial charge in [-0.05, 0) is 61.4 Å². The molecule has 0 atom stereocenters. The fraction of sp³-hybridized carbons (Fsp3) is 0.269. The smallest absolute Gasteiger partial charge is 0.243 e. The molecular formula is C26H26N2O6S. The molecule has 0 unspecified atom stereocenters. The molecule has 0 saturated carbocycles. The number of rotatable bonds is 6. The Morgan fingerprint density at radius 3 is 2.23 bits per heavy atom. The van der Waals surface area contributed by atoms with Gasteiger partial charge in [-0.15, -0.1) is 0 Å². The summed E-state index contributed by atoms with van der Waals surface area (Å²) in [5.41, 5.74) is 0.668. The van der Waals surface area contributed by atoms with Crippen LogP contribution in [-0.2, 0) is 14.8 Å². The van der Waals surface area contributed by atoms with Crippen LogP contribution in [0, 0.1) is 5.92 Å². The summed E-state index contributed by atoms with van der Waals surface area (Å²) in [6.45, 7) is 1.39. The summed E-state index contributed by atoms with van der Waals surface area (Å²) in [7, 11) is -3.68. The van der Waals surface area contributed by atoms with E-state index in [0.29, 0.717) is 49.0 Å². The van der Waals surface area contributed by atoms with Crippen molar-refractivity contribution in [3.63, 3.8) is 0 Å². The number of piperidine rings is 1. The highest BCUT2D eigenvalue weighted by Crippen LogP contribution is 2.34. The molecule has 0 bridgehead atoms. The molecule has 0 aromatic heterocycles. The van der Waals surface area contributed by atoms with Gasteiger partial charge in [0.2, 0.25) is 15.9 Å². The van der Waals surface area contributed by atoms with Gasteiger partial charge in [-0.25, -0.2) is 8.42 Å². The highest BCUT2D eigenvalue weighted by atomic mass is 32.2. The van der Waals surface area contributed by atoms with Gasteiger partial charge in [0.15, 0.2) is 11.5 Å². The standard InChI is InChI=1S/C26H26N2O6S/c29-26(27-20-6-8-22(9-7-20)34-21-4-2-1-3-5-21)19-12-14-28(15-13-19)35(30,31)23-10-11-24-25(18-23)33-17-16-32-24/h1-11,18-19H,12-17H2,(H,27,29). The highest BCUT2D eigenvalue weighted by molar-refractivity contribution is 7.89. The van der Waals surface area contributed by atoms with Gasteiger partial charge in [0.25, 0.3) is 0 Å². The number of hydrogen-bond donors (Lipinski definition) is 1. The number of para-hydroxylation sites is 1. The Kier molecular flexibility index (Phi) is 6.61. The molecule has 2 heterocycles. The maximum Gasteiger partial charge on any atom is 0.243 e. The molecule has 1 fully saturated rings. The third-order valence-corrected chi connectivity index (χ3v) is 7.97. The van der Waals surface area contributed by atoms with Crippen LogP contribution in [0.2, 0.25) is 0 Å². The lowest BCUT2D eigenvalue weighted by Crippen LogP contribution is -2.41. The fourth-order valence-electron chi connectivity index (χ4n) is 4.17. The number of hydrogen-bond acceptors (Lipinski definition) is 6. The summed E-state index contributed by atoms with van der Waals surface area (Å²) in [5, 5.41) is 2.93. The zero-order chi connectivity index (χ0) is 24.3. The van der Waals surface area contributed by atoms with E-state index >= 15 is 0 Å². The number of carbonyl (C=O) groups excluding carboxylic acids is 1. The van der Waals surface area contributed by atoms with Crippen molar-refractivity contribution in [1.82, 2.24) is 4.31 Å². The molecule has 0 radical (unpaired) electrons. The van der Waals surface area contributed by atoms with E-state index < -0.39 is 10.0 Å². The van der Waals surface area contributed by atoms with Crippen LogP contribution in [0.3, 0.4) is 0 Å². The zero-order valence-electron chi connectivity index (χ0n) is 19.1. The van der Waals surface area contributed by atoms with Crippen LogP contribution >= 0.6 is 0 Å². The van der Waals surface area contributed by atoms with Gasteiger partial charge < -0.3 is 19.5 Å². The van der Waals surface area contributed by atoms with E-state index in [2.05, 4.69) is 5.32 Å². The van der Waals surface area contributed by atoms with E-state index in [9.17, 15) is 13.2 Å². The minimum absolute atomic E-state index is 0.113. The molecule has 3 aromatic carbocycles. The lowest BCUT2D eigenvalue weighted by Gasteiger charge is -2.30. The Morgan fingerprint density at radius 2 is 1.51 bits per heavy atom. The second kappa shape index (κ2) is 9.97. The van der Waals surface area contributed by atoms with Crippen molar-refractivity contribution in [2.75, 3.05) is 31.6 Å². The van der Waals surface area contributed by atoms with Gasteiger partial charge in [0.1, 0.15) is 24.7 Å². The van der Waals surface area contributed by atoms with Crippen LogP contribution in [0.15, 0.2) is 77.7 Å². The average Bonchev–Trinajstić information content (AvgIpc) is 2.90. The molecule has 5 rings (SSSR count). The average molecular weight is 495 g/mol. The topological polar surface area (TPSA) is 94.2 Å². The summed E-state index contributed by atoms with van der Waals surface area (Å²) < 4.78 is 44.4. The minimum Gasteiger partial charge on any atom is -0.486 e. The number of nitrogens with zero attached hydrogens (tertiary/aromatic N) is 1. The van der Waals surface area contributed by atoms with E-state index in [1.54, 1.807) is 30.3 Å². The molecule has 9 heteroatoms. The molecule has 3 aromatic rings. The van der Waals surface area contributed by atoms with E-state index in [1.807, 2.05) is 30.3 Å². The third-order valence-electron chi connectivity index (χ3n) is 6.08. The number of sulfonamides is 1. The highest BCUT2D eigenvalue weighted by Gasteiger charge is 2.33. The molecule has 182 valence electrons. The largest absolute Gasteiger partial charge is 0.486 e. The van der Waals surface area contributed by atoms with Gasteiger partial charge in [0.05, 0.1) is 4.90 Å². The molecule has 1 amide bonds. The van der Waals surface area contributed by atoms with Crippen molar-refractivity contribution < 1.29 is 27.4 Å². The lowest BCUT2D eigenvalue weighted by atomic mass is 9.97. The van der Waals surface area contributed by atoms with Crippen molar-refractivity contribution in [3.8, 4) is 23.0 Å². The van der Waals surface area contributed by atoms with E-state index in [1.165, 1.54) is 16.4 Å². The van der Waals surface area contributed by atoms with Gasteiger partial charge >= 0.3 is 0 Å². The Bertz CT molecular complexity index is 1290. The van der Waals surface area contributed by atoms with Crippen LogP contribution in [0.25, 0.3) is 0 Å². The minimum atomic E-state index is -3.68. The molecule has 35 heavy (non-hydrogen) atoms. The summed E-state index contributed by atoms with van der Waals surface area (Å²) >= 11 is 0. The molecule has 1 saturated heterocycles. The Balaban J connectivity index is 1.16. The Labute approximate surface area is 204 Å². The van der Waals surface area contributed by atoms with Crippen molar-refractivity contribution in [3.05, 3.63) is 72.8 Å². The summed E-state index contributed by atoms with van der Waals surface area (Å²) in [4.78, 5) is 13.0. The number of amides is 1. The number of anilines is 1. The molecule has 0 spiro atoms. The van der Waals surface area contributed by atoms with Gasteiger partial charge in [-0.3, -0.25) is 4.79 Å². The maximum atomic E-state index is 13.1. The monoisotopic (exact) mass is 494 g/mol. The summed E-state index contributed by atoms with van der Waals surface area (Å²) in [6, 6.07) is 21.3. The third kappa shape index (κ3) is 5.26. The number of ether oxygens (including phenoxy) is 3. The van der Waals surface area contributed by atoms with Crippen LogP contribution in [0.4, 0.5) is 5.69 Å². The van der Waals surface area contributed by atoms with Crippen LogP contribution in [0.5, 0.6) is 23.0 Å². The Morgan fingerprint density at radius 1 is 0.857 bits per heavy atom. The first-order chi connectivity index (χ1) is 17.0. The van der Waals surface area contributed by atoms with Gasteiger partial charge in [-0.1, -0.05) is 18.2 Å². The number of carbonyl (C=O) groups is 1. The quantitative estimate of drug-likeness (QED) is 0.550. The molecule has 2 aliphatic rings. The summed E-state index contributed by atoms with van der Waals surface area (Å²) in [6.07, 6.45) is 0.898. The van der Waals surface area contributed by atoms with Crippen molar-refractivity contribution >= 4 is 21.6 Å². The van der Waals surface area contributed by atoms with E-state index in [0.717, 1.165) is 5.75 Å². The Hall–Kier alpha value is -3.56. The maximum absolute atomic E-state index is 13.1.